The molecular weight excluding hydrogens is 464 g/mol. The van der Waals surface area contributed by atoms with Crippen LogP contribution in [0, 0.1) is 11.8 Å². The lowest BCUT2D eigenvalue weighted by molar-refractivity contribution is -0.154. The summed E-state index contributed by atoms with van der Waals surface area (Å²) in [6, 6.07) is 7.74. The van der Waals surface area contributed by atoms with Gasteiger partial charge in [-0.3, -0.25) is 14.4 Å². The molecular formula is C27H32N2O5S. The highest BCUT2D eigenvalue weighted by Gasteiger charge is 2.72. The summed E-state index contributed by atoms with van der Waals surface area (Å²) in [6.07, 6.45) is 8.58. The van der Waals surface area contributed by atoms with E-state index in [4.69, 9.17) is 4.74 Å². The van der Waals surface area contributed by atoms with Crippen LogP contribution in [0.1, 0.15) is 38.8 Å². The first-order valence-corrected chi connectivity index (χ1v) is 13.1. The Labute approximate surface area is 210 Å². The SMILES string of the molecule is CC(C)(C)N1CC=C[C@]23S[C@H]4C=CCCOC(=O)[C@H]4[C@H]2C(=O)N([C@H](CO)c2ccccc2)C3C1=O. The number of amides is 2. The highest BCUT2D eigenvalue weighted by molar-refractivity contribution is 8.02. The zero-order valence-electron chi connectivity index (χ0n) is 20.3. The van der Waals surface area contributed by atoms with Crippen molar-refractivity contribution in [2.45, 2.75) is 54.8 Å². The molecule has 4 heterocycles. The average Bonchev–Trinajstić information content (AvgIpc) is 3.18. The van der Waals surface area contributed by atoms with E-state index in [-0.39, 0.29) is 36.2 Å². The predicted octanol–water partition coefficient (Wildman–Crippen LogP) is 2.72. The Bertz CT molecular complexity index is 1080. The molecule has 2 fully saturated rings. The summed E-state index contributed by atoms with van der Waals surface area (Å²) in [5.74, 6) is -2.27. The van der Waals surface area contributed by atoms with E-state index in [1.54, 1.807) is 9.80 Å². The van der Waals surface area contributed by atoms with Crippen LogP contribution in [-0.2, 0) is 19.1 Å². The fourth-order valence-electron chi connectivity index (χ4n) is 6.02. The lowest BCUT2D eigenvalue weighted by atomic mass is 9.78. The molecule has 4 aliphatic rings. The number of benzene rings is 1. The minimum Gasteiger partial charge on any atom is -0.465 e. The van der Waals surface area contributed by atoms with E-state index in [2.05, 4.69) is 0 Å². The van der Waals surface area contributed by atoms with Crippen molar-refractivity contribution in [1.29, 1.82) is 0 Å². The minimum atomic E-state index is -0.931. The molecule has 2 saturated heterocycles. The van der Waals surface area contributed by atoms with Crippen LogP contribution < -0.4 is 0 Å². The molecule has 8 heteroatoms. The first-order chi connectivity index (χ1) is 16.7. The number of carbonyl (C=O) groups excluding carboxylic acids is 3. The van der Waals surface area contributed by atoms with Crippen LogP contribution in [0.2, 0.25) is 0 Å². The van der Waals surface area contributed by atoms with Crippen LogP contribution in [0.5, 0.6) is 0 Å². The fourth-order valence-corrected chi connectivity index (χ4v) is 8.00. The van der Waals surface area contributed by atoms with E-state index in [1.807, 2.05) is 75.4 Å². The van der Waals surface area contributed by atoms with Crippen LogP contribution in [0.25, 0.3) is 0 Å². The second kappa shape index (κ2) is 8.82. The summed E-state index contributed by atoms with van der Waals surface area (Å²) in [6.45, 7) is 6.30. The second-order valence-corrected chi connectivity index (χ2v) is 12.1. The van der Waals surface area contributed by atoms with Gasteiger partial charge in [-0.1, -0.05) is 54.6 Å². The Morgan fingerprint density at radius 1 is 1.14 bits per heavy atom. The molecule has 35 heavy (non-hydrogen) atoms. The van der Waals surface area contributed by atoms with Crippen LogP contribution in [0.3, 0.4) is 0 Å². The molecule has 0 bridgehead atoms. The van der Waals surface area contributed by atoms with Gasteiger partial charge in [0.2, 0.25) is 11.8 Å². The Balaban J connectivity index is 1.69. The summed E-state index contributed by atoms with van der Waals surface area (Å²) >= 11 is 1.52. The molecule has 0 aliphatic carbocycles. The first-order valence-electron chi connectivity index (χ1n) is 12.2. The molecule has 1 N–H and O–H groups in total. The Morgan fingerprint density at radius 3 is 2.57 bits per heavy atom. The third-order valence-electron chi connectivity index (χ3n) is 7.56. The number of nitrogens with zero attached hydrogens (tertiary/aromatic N) is 2. The van der Waals surface area contributed by atoms with E-state index < -0.39 is 34.2 Å². The van der Waals surface area contributed by atoms with Gasteiger partial charge < -0.3 is 19.6 Å². The van der Waals surface area contributed by atoms with Gasteiger partial charge in [0.05, 0.1) is 35.8 Å². The Kier molecular flexibility index (Phi) is 6.08. The van der Waals surface area contributed by atoms with Crippen molar-refractivity contribution < 1.29 is 24.2 Å². The number of fused-ring (bicyclic) bond motifs is 2. The lowest BCUT2D eigenvalue weighted by Crippen LogP contribution is -2.58. The van der Waals surface area contributed by atoms with Gasteiger partial charge in [-0.15, -0.1) is 11.8 Å². The van der Waals surface area contributed by atoms with Gasteiger partial charge in [0.15, 0.2) is 0 Å². The molecule has 7 nitrogen and oxygen atoms in total. The fraction of sp³-hybridized carbons (Fsp3) is 0.519. The van der Waals surface area contributed by atoms with Crippen molar-refractivity contribution in [3.63, 3.8) is 0 Å². The summed E-state index contributed by atoms with van der Waals surface area (Å²) < 4.78 is 4.60. The average molecular weight is 497 g/mol. The third-order valence-corrected chi connectivity index (χ3v) is 9.31. The van der Waals surface area contributed by atoms with E-state index in [0.29, 0.717) is 13.0 Å². The lowest BCUT2D eigenvalue weighted by Gasteiger charge is -2.42. The number of hydrogen-bond acceptors (Lipinski definition) is 6. The van der Waals surface area contributed by atoms with Crippen LogP contribution >= 0.6 is 11.8 Å². The number of carbonyl (C=O) groups is 3. The van der Waals surface area contributed by atoms with Gasteiger partial charge in [0.1, 0.15) is 6.04 Å². The molecule has 1 aromatic rings. The zero-order valence-corrected chi connectivity index (χ0v) is 21.1. The van der Waals surface area contributed by atoms with E-state index in [1.165, 1.54) is 11.8 Å². The van der Waals surface area contributed by atoms with Crippen molar-refractivity contribution in [3.8, 4) is 0 Å². The predicted molar refractivity (Wildman–Crippen MR) is 133 cm³/mol. The van der Waals surface area contributed by atoms with Crippen LogP contribution in [0.15, 0.2) is 54.6 Å². The van der Waals surface area contributed by atoms with E-state index in [9.17, 15) is 19.5 Å². The topological polar surface area (TPSA) is 87.2 Å². The number of cyclic esters (lactones) is 1. The third kappa shape index (κ3) is 3.73. The van der Waals surface area contributed by atoms with Gasteiger partial charge in [-0.25, -0.2) is 0 Å². The Morgan fingerprint density at radius 2 is 1.89 bits per heavy atom. The number of ether oxygens (including phenoxy) is 1. The summed E-state index contributed by atoms with van der Waals surface area (Å²) in [7, 11) is 0. The number of hydrogen-bond donors (Lipinski definition) is 1. The molecule has 1 spiro atoms. The van der Waals surface area contributed by atoms with Gasteiger partial charge in [-0.2, -0.15) is 0 Å². The van der Waals surface area contributed by atoms with Gasteiger partial charge in [-0.05, 0) is 32.8 Å². The highest BCUT2D eigenvalue weighted by Crippen LogP contribution is 2.62. The first kappa shape index (κ1) is 24.1. The van der Waals surface area contributed by atoms with Crippen molar-refractivity contribution in [2.75, 3.05) is 19.8 Å². The monoisotopic (exact) mass is 496 g/mol. The van der Waals surface area contributed by atoms with Crippen molar-refractivity contribution in [3.05, 3.63) is 60.2 Å². The van der Waals surface area contributed by atoms with Crippen LogP contribution in [0.4, 0.5) is 0 Å². The Hall–Kier alpha value is -2.58. The number of esters is 1. The molecule has 6 atom stereocenters. The number of aliphatic hydroxyl groups excluding tert-OH is 1. The molecule has 0 aromatic heterocycles. The molecule has 2 amide bonds. The highest BCUT2D eigenvalue weighted by atomic mass is 32.2. The quantitative estimate of drug-likeness (QED) is 0.512. The zero-order chi connectivity index (χ0) is 25.0. The minimum absolute atomic E-state index is 0.160. The van der Waals surface area contributed by atoms with Crippen molar-refractivity contribution in [1.82, 2.24) is 9.80 Å². The summed E-state index contributed by atoms with van der Waals surface area (Å²) in [4.78, 5) is 45.2. The maximum absolute atomic E-state index is 14.3. The van der Waals surface area contributed by atoms with Crippen molar-refractivity contribution >= 4 is 29.5 Å². The molecule has 0 saturated carbocycles. The van der Waals surface area contributed by atoms with E-state index in [0.717, 1.165) is 5.56 Å². The molecule has 186 valence electrons. The smallest absolute Gasteiger partial charge is 0.311 e. The van der Waals surface area contributed by atoms with Gasteiger partial charge in [0, 0.05) is 17.3 Å². The van der Waals surface area contributed by atoms with Crippen LogP contribution in [-0.4, -0.2) is 74.0 Å². The number of rotatable bonds is 3. The summed E-state index contributed by atoms with van der Waals surface area (Å²) in [5.41, 5.74) is 0.286. The van der Waals surface area contributed by atoms with Gasteiger partial charge >= 0.3 is 5.97 Å². The maximum atomic E-state index is 14.3. The molecule has 0 radical (unpaired) electrons. The number of likely N-dealkylation sites (tertiary alicyclic amines) is 1. The normalized spacial score (nSPS) is 33.4. The number of aliphatic hydroxyl groups is 1. The van der Waals surface area contributed by atoms with E-state index >= 15 is 0 Å². The summed E-state index contributed by atoms with van der Waals surface area (Å²) in [5, 5.41) is 10.3. The van der Waals surface area contributed by atoms with Crippen molar-refractivity contribution in [2.24, 2.45) is 11.8 Å². The number of thioether (sulfide) groups is 1. The molecule has 1 unspecified atom stereocenters. The maximum Gasteiger partial charge on any atom is 0.311 e. The molecule has 4 aliphatic heterocycles. The standard InChI is InChI=1S/C27H32N2O5S/c1-26(2,3)28-14-9-13-27-21(20-19(35-27)12-7-8-15-34-25(20)33)23(31)29(22(27)24(28)32)18(16-30)17-10-5-4-6-11-17/h4-7,9-13,18-22,30H,8,14-16H2,1-3H3/t18-,19+,20-,21+,22?,27+/m1/s1. The molecule has 5 rings (SSSR count). The largest absolute Gasteiger partial charge is 0.465 e. The second-order valence-electron chi connectivity index (χ2n) is 10.6. The molecule has 1 aromatic carbocycles. The van der Waals surface area contributed by atoms with Gasteiger partial charge in [0.25, 0.3) is 0 Å².